The van der Waals surface area contributed by atoms with Crippen molar-refractivity contribution in [1.29, 1.82) is 0 Å². The lowest BCUT2D eigenvalue weighted by atomic mass is 9.95. The Kier molecular flexibility index (Phi) is 3.97. The molecule has 0 radical (unpaired) electrons. The zero-order chi connectivity index (χ0) is 14.8. The average Bonchev–Trinajstić information content (AvgIpc) is 2.41. The van der Waals surface area contributed by atoms with Gasteiger partial charge in [-0.3, -0.25) is 0 Å². The molecule has 0 aliphatic carbocycles. The lowest BCUT2D eigenvalue weighted by Crippen LogP contribution is -2.19. The van der Waals surface area contributed by atoms with Gasteiger partial charge < -0.3 is 5.32 Å². The monoisotopic (exact) mass is 271 g/mol. The first kappa shape index (κ1) is 14.4. The van der Waals surface area contributed by atoms with Crippen molar-refractivity contribution < 1.29 is 0 Å². The first-order chi connectivity index (χ1) is 9.43. The van der Waals surface area contributed by atoms with Gasteiger partial charge in [0.2, 0.25) is 0 Å². The average molecular weight is 271 g/mol. The molecule has 5 heteroatoms. The highest BCUT2D eigenvalue weighted by Crippen LogP contribution is 2.28. The topological polar surface area (TPSA) is 63.6 Å². The van der Waals surface area contributed by atoms with Crippen LogP contribution < -0.4 is 5.32 Å². The fourth-order valence-electron chi connectivity index (χ4n) is 1.89. The number of anilines is 1. The van der Waals surface area contributed by atoms with Crippen molar-refractivity contribution in [3.8, 4) is 11.3 Å². The number of nitrogens with one attached hydrogen (secondary N) is 1. The summed E-state index contributed by atoms with van der Waals surface area (Å²) < 4.78 is 0. The zero-order valence-electron chi connectivity index (χ0n) is 12.7. The molecule has 0 bridgehead atoms. The summed E-state index contributed by atoms with van der Waals surface area (Å²) in [5.41, 5.74) is 2.72. The summed E-state index contributed by atoms with van der Waals surface area (Å²) in [4.78, 5) is 17.5. The van der Waals surface area contributed by atoms with Crippen LogP contribution in [0.4, 0.5) is 5.82 Å². The Balaban J connectivity index is 2.64. The quantitative estimate of drug-likeness (QED) is 0.929. The minimum Gasteiger partial charge on any atom is -0.370 e. The highest BCUT2D eigenvalue weighted by molar-refractivity contribution is 5.67. The Bertz CT molecular complexity index is 587. The van der Waals surface area contributed by atoms with E-state index in [0.717, 1.165) is 35.0 Å². The molecule has 2 aromatic rings. The van der Waals surface area contributed by atoms with Crippen molar-refractivity contribution in [2.75, 3.05) is 11.9 Å². The van der Waals surface area contributed by atoms with E-state index in [4.69, 9.17) is 4.98 Å². The molecule has 0 spiro atoms. The zero-order valence-corrected chi connectivity index (χ0v) is 12.7. The molecule has 2 aromatic heterocycles. The van der Waals surface area contributed by atoms with E-state index in [9.17, 15) is 0 Å². The summed E-state index contributed by atoms with van der Waals surface area (Å²) in [6, 6.07) is 0. The van der Waals surface area contributed by atoms with E-state index >= 15 is 0 Å². The van der Waals surface area contributed by atoms with Crippen molar-refractivity contribution >= 4 is 5.82 Å². The molecule has 0 amide bonds. The highest BCUT2D eigenvalue weighted by atomic mass is 15.0. The number of aromatic nitrogens is 4. The molecule has 20 heavy (non-hydrogen) atoms. The van der Waals surface area contributed by atoms with E-state index in [-0.39, 0.29) is 5.41 Å². The summed E-state index contributed by atoms with van der Waals surface area (Å²) >= 11 is 0. The van der Waals surface area contributed by atoms with Gasteiger partial charge in [0.25, 0.3) is 0 Å². The molecule has 0 fully saturated rings. The number of hydrogen-bond donors (Lipinski definition) is 1. The second-order valence-corrected chi connectivity index (χ2v) is 5.78. The van der Waals surface area contributed by atoms with Crippen LogP contribution in [0.3, 0.4) is 0 Å². The van der Waals surface area contributed by atoms with Crippen LogP contribution in [0, 0.1) is 6.92 Å². The van der Waals surface area contributed by atoms with Crippen LogP contribution in [-0.2, 0) is 5.41 Å². The fraction of sp³-hybridized carbons (Fsp3) is 0.467. The van der Waals surface area contributed by atoms with E-state index in [1.165, 1.54) is 6.33 Å². The molecule has 5 nitrogen and oxygen atoms in total. The number of hydrogen-bond acceptors (Lipinski definition) is 5. The first-order valence-electron chi connectivity index (χ1n) is 6.82. The standard InChI is InChI=1S/C15H21N5/c1-6-18-13-10(2)12(11-7-16-9-17-8-11)19-14(20-13)15(3,4)5/h7-9H,6H2,1-5H3,(H,18,19,20). The summed E-state index contributed by atoms with van der Waals surface area (Å²) in [7, 11) is 0. The second-order valence-electron chi connectivity index (χ2n) is 5.78. The Labute approximate surface area is 119 Å². The van der Waals surface area contributed by atoms with Crippen molar-refractivity contribution in [2.24, 2.45) is 0 Å². The highest BCUT2D eigenvalue weighted by Gasteiger charge is 2.21. The minimum absolute atomic E-state index is 0.109. The molecule has 0 saturated carbocycles. The van der Waals surface area contributed by atoms with Gasteiger partial charge in [-0.1, -0.05) is 20.8 Å². The SMILES string of the molecule is CCNc1nc(C(C)(C)C)nc(-c2cncnc2)c1C. The van der Waals surface area contributed by atoms with Gasteiger partial charge in [0, 0.05) is 35.5 Å². The molecule has 1 N–H and O–H groups in total. The van der Waals surface area contributed by atoms with Gasteiger partial charge in [0.05, 0.1) is 5.69 Å². The van der Waals surface area contributed by atoms with Crippen LogP contribution in [0.25, 0.3) is 11.3 Å². The molecule has 0 aromatic carbocycles. The maximum atomic E-state index is 4.73. The summed E-state index contributed by atoms with van der Waals surface area (Å²) in [5, 5.41) is 3.31. The molecule has 106 valence electrons. The molecular weight excluding hydrogens is 250 g/mol. The second kappa shape index (κ2) is 5.53. The van der Waals surface area contributed by atoms with Gasteiger partial charge >= 0.3 is 0 Å². The van der Waals surface area contributed by atoms with E-state index < -0.39 is 0 Å². The lowest BCUT2D eigenvalue weighted by molar-refractivity contribution is 0.546. The number of rotatable bonds is 3. The van der Waals surface area contributed by atoms with Gasteiger partial charge in [-0.15, -0.1) is 0 Å². The molecular formula is C15H21N5. The molecule has 0 aliphatic heterocycles. The third-order valence-corrected chi connectivity index (χ3v) is 2.99. The van der Waals surface area contributed by atoms with Crippen LogP contribution >= 0.6 is 0 Å². The van der Waals surface area contributed by atoms with Crippen LogP contribution in [0.5, 0.6) is 0 Å². The predicted octanol–water partition coefficient (Wildman–Crippen LogP) is 2.97. The first-order valence-corrected chi connectivity index (χ1v) is 6.82. The van der Waals surface area contributed by atoms with Gasteiger partial charge in [0.1, 0.15) is 18.0 Å². The van der Waals surface area contributed by atoms with Crippen LogP contribution in [0.15, 0.2) is 18.7 Å². The van der Waals surface area contributed by atoms with E-state index in [0.29, 0.717) is 0 Å². The van der Waals surface area contributed by atoms with E-state index in [1.807, 2.05) is 6.92 Å². The predicted molar refractivity (Wildman–Crippen MR) is 80.7 cm³/mol. The fourth-order valence-corrected chi connectivity index (χ4v) is 1.89. The normalized spacial score (nSPS) is 11.4. The minimum atomic E-state index is -0.109. The van der Waals surface area contributed by atoms with E-state index in [1.54, 1.807) is 12.4 Å². The van der Waals surface area contributed by atoms with Crippen LogP contribution in [0.1, 0.15) is 39.1 Å². The molecule has 0 atom stereocenters. The Morgan fingerprint density at radius 1 is 1.10 bits per heavy atom. The summed E-state index contributed by atoms with van der Waals surface area (Å²) in [6.45, 7) is 11.2. The molecule has 0 aliphatic rings. The Morgan fingerprint density at radius 2 is 1.75 bits per heavy atom. The third kappa shape index (κ3) is 2.92. The molecule has 2 heterocycles. The summed E-state index contributed by atoms with van der Waals surface area (Å²) in [5.74, 6) is 1.70. The maximum Gasteiger partial charge on any atom is 0.136 e. The largest absolute Gasteiger partial charge is 0.370 e. The lowest BCUT2D eigenvalue weighted by Gasteiger charge is -2.20. The third-order valence-electron chi connectivity index (χ3n) is 2.99. The maximum absolute atomic E-state index is 4.73. The van der Waals surface area contributed by atoms with Gasteiger partial charge in [-0.05, 0) is 13.8 Å². The Morgan fingerprint density at radius 3 is 2.30 bits per heavy atom. The van der Waals surface area contributed by atoms with Crippen molar-refractivity contribution in [1.82, 2.24) is 19.9 Å². The van der Waals surface area contributed by atoms with E-state index in [2.05, 4.69) is 48.0 Å². The van der Waals surface area contributed by atoms with Gasteiger partial charge in [-0.2, -0.15) is 0 Å². The van der Waals surface area contributed by atoms with Crippen molar-refractivity contribution in [3.63, 3.8) is 0 Å². The molecule has 0 unspecified atom stereocenters. The Hall–Kier alpha value is -2.04. The number of nitrogens with zero attached hydrogens (tertiary/aromatic N) is 4. The molecule has 0 saturated heterocycles. The van der Waals surface area contributed by atoms with Crippen molar-refractivity contribution in [3.05, 3.63) is 30.1 Å². The smallest absolute Gasteiger partial charge is 0.136 e. The van der Waals surface area contributed by atoms with Crippen LogP contribution in [0.2, 0.25) is 0 Å². The molecule has 2 rings (SSSR count). The van der Waals surface area contributed by atoms with Crippen molar-refractivity contribution in [2.45, 2.75) is 40.0 Å². The summed E-state index contributed by atoms with van der Waals surface area (Å²) in [6.07, 6.45) is 5.09. The van der Waals surface area contributed by atoms with Gasteiger partial charge in [-0.25, -0.2) is 19.9 Å². The van der Waals surface area contributed by atoms with Crippen LogP contribution in [-0.4, -0.2) is 26.5 Å². The van der Waals surface area contributed by atoms with Gasteiger partial charge in [0.15, 0.2) is 0 Å².